The summed E-state index contributed by atoms with van der Waals surface area (Å²) in [4.78, 5) is 24.5. The van der Waals surface area contributed by atoms with Gasteiger partial charge >= 0.3 is 5.97 Å². The van der Waals surface area contributed by atoms with Crippen molar-refractivity contribution in [1.82, 2.24) is 0 Å². The highest BCUT2D eigenvalue weighted by Gasteiger charge is 2.19. The number of aryl methyl sites for hydroxylation is 3. The number of amides is 1. The van der Waals surface area contributed by atoms with E-state index in [0.29, 0.717) is 5.69 Å². The standard InChI is InChI=1S/C22H23NO4/c1-13-5-7-18(8-6-13)23-22(25)16(4)27-21(24)11-17-12-26-20-10-15(3)14(2)9-19(17)20/h5-10,12,16H,11H2,1-4H3,(H,23,25)/t16-/m1/s1. The highest BCUT2D eigenvalue weighted by molar-refractivity contribution is 5.95. The summed E-state index contributed by atoms with van der Waals surface area (Å²) in [6.07, 6.45) is 0.736. The molecule has 5 heteroatoms. The van der Waals surface area contributed by atoms with Crippen molar-refractivity contribution in [2.45, 2.75) is 40.2 Å². The second-order valence-electron chi connectivity index (χ2n) is 6.86. The van der Waals surface area contributed by atoms with E-state index >= 15 is 0 Å². The first-order valence-corrected chi connectivity index (χ1v) is 8.88. The number of rotatable bonds is 5. The average Bonchev–Trinajstić information content (AvgIpc) is 2.98. The second-order valence-corrected chi connectivity index (χ2v) is 6.86. The molecule has 1 amide bonds. The summed E-state index contributed by atoms with van der Waals surface area (Å²) in [5.74, 6) is -0.835. The molecule has 2 aromatic carbocycles. The fourth-order valence-corrected chi connectivity index (χ4v) is 2.80. The number of hydrogen-bond acceptors (Lipinski definition) is 4. The largest absolute Gasteiger partial charge is 0.464 e. The molecule has 140 valence electrons. The smallest absolute Gasteiger partial charge is 0.311 e. The van der Waals surface area contributed by atoms with E-state index < -0.39 is 12.1 Å². The number of ether oxygens (including phenoxy) is 1. The van der Waals surface area contributed by atoms with Crippen LogP contribution < -0.4 is 5.32 Å². The molecule has 3 aromatic rings. The van der Waals surface area contributed by atoms with E-state index in [1.807, 2.05) is 57.2 Å². The molecular formula is C22H23NO4. The summed E-state index contributed by atoms with van der Waals surface area (Å²) in [7, 11) is 0. The molecule has 0 aliphatic heterocycles. The Labute approximate surface area is 158 Å². The molecule has 5 nitrogen and oxygen atoms in total. The summed E-state index contributed by atoms with van der Waals surface area (Å²) in [5.41, 5.74) is 5.53. The van der Waals surface area contributed by atoms with Crippen LogP contribution in [0.25, 0.3) is 11.0 Å². The lowest BCUT2D eigenvalue weighted by atomic mass is 10.0. The van der Waals surface area contributed by atoms with Gasteiger partial charge in [0.1, 0.15) is 5.58 Å². The average molecular weight is 365 g/mol. The number of nitrogens with one attached hydrogen (secondary N) is 1. The number of benzene rings is 2. The molecule has 0 saturated carbocycles. The maximum Gasteiger partial charge on any atom is 0.311 e. The van der Waals surface area contributed by atoms with Gasteiger partial charge in [0.2, 0.25) is 0 Å². The normalized spacial score (nSPS) is 12.0. The van der Waals surface area contributed by atoms with E-state index in [1.54, 1.807) is 13.2 Å². The minimum Gasteiger partial charge on any atom is -0.464 e. The summed E-state index contributed by atoms with van der Waals surface area (Å²) in [6, 6.07) is 11.4. The van der Waals surface area contributed by atoms with Gasteiger partial charge < -0.3 is 14.5 Å². The molecule has 0 radical (unpaired) electrons. The van der Waals surface area contributed by atoms with E-state index in [-0.39, 0.29) is 12.3 Å². The van der Waals surface area contributed by atoms with Crippen molar-refractivity contribution in [2.24, 2.45) is 0 Å². The van der Waals surface area contributed by atoms with Crippen LogP contribution in [0.4, 0.5) is 5.69 Å². The first-order valence-electron chi connectivity index (χ1n) is 8.88. The van der Waals surface area contributed by atoms with Crippen LogP contribution in [0.2, 0.25) is 0 Å². The van der Waals surface area contributed by atoms with Crippen LogP contribution in [-0.2, 0) is 20.7 Å². The fraction of sp³-hybridized carbons (Fsp3) is 0.273. The van der Waals surface area contributed by atoms with Crippen molar-refractivity contribution in [3.05, 3.63) is 64.9 Å². The van der Waals surface area contributed by atoms with E-state index in [4.69, 9.17) is 9.15 Å². The Bertz CT molecular complexity index is 985. The fourth-order valence-electron chi connectivity index (χ4n) is 2.80. The Morgan fingerprint density at radius 2 is 1.74 bits per heavy atom. The minimum atomic E-state index is -0.888. The number of fused-ring (bicyclic) bond motifs is 1. The number of esters is 1. The third-order valence-electron chi connectivity index (χ3n) is 4.60. The van der Waals surface area contributed by atoms with Crippen molar-refractivity contribution < 1.29 is 18.7 Å². The van der Waals surface area contributed by atoms with Crippen LogP contribution in [0, 0.1) is 20.8 Å². The summed E-state index contributed by atoms with van der Waals surface area (Å²) in [5, 5.41) is 3.64. The molecule has 3 rings (SSSR count). The molecule has 0 spiro atoms. The second kappa shape index (κ2) is 7.66. The van der Waals surface area contributed by atoms with E-state index in [1.165, 1.54) is 0 Å². The first-order chi connectivity index (χ1) is 12.8. The maximum atomic E-state index is 12.3. The van der Waals surface area contributed by atoms with Gasteiger partial charge in [0.05, 0.1) is 12.7 Å². The predicted octanol–water partition coefficient (Wildman–Crippen LogP) is 4.47. The highest BCUT2D eigenvalue weighted by atomic mass is 16.5. The molecule has 0 aliphatic rings. The van der Waals surface area contributed by atoms with E-state index in [2.05, 4.69) is 5.32 Å². The molecule has 0 saturated heterocycles. The minimum absolute atomic E-state index is 0.0532. The summed E-state index contributed by atoms with van der Waals surface area (Å²) in [6.45, 7) is 7.56. The topological polar surface area (TPSA) is 68.5 Å². The van der Waals surface area contributed by atoms with Gasteiger partial charge in [-0.25, -0.2) is 0 Å². The lowest BCUT2D eigenvalue weighted by Gasteiger charge is -2.13. The Kier molecular flexibility index (Phi) is 5.31. The monoisotopic (exact) mass is 365 g/mol. The zero-order chi connectivity index (χ0) is 19.6. The molecule has 0 aliphatic carbocycles. The number of furan rings is 1. The molecule has 1 aromatic heterocycles. The van der Waals surface area contributed by atoms with Crippen LogP contribution in [0.3, 0.4) is 0 Å². The van der Waals surface area contributed by atoms with Gasteiger partial charge in [-0.3, -0.25) is 9.59 Å². The quantitative estimate of drug-likeness (QED) is 0.677. The van der Waals surface area contributed by atoms with Crippen LogP contribution in [0.5, 0.6) is 0 Å². The van der Waals surface area contributed by atoms with Gasteiger partial charge in [0, 0.05) is 16.6 Å². The molecule has 27 heavy (non-hydrogen) atoms. The van der Waals surface area contributed by atoms with E-state index in [0.717, 1.165) is 33.2 Å². The first kappa shape index (κ1) is 18.7. The van der Waals surface area contributed by atoms with Crippen LogP contribution in [0.1, 0.15) is 29.2 Å². The molecule has 1 atom stereocenters. The SMILES string of the molecule is Cc1ccc(NC(=O)[C@@H](C)OC(=O)Cc2coc3cc(C)c(C)cc23)cc1. The Balaban J connectivity index is 1.62. The molecule has 0 bridgehead atoms. The third kappa shape index (κ3) is 4.37. The molecule has 1 heterocycles. The van der Waals surface area contributed by atoms with Crippen molar-refractivity contribution in [2.75, 3.05) is 5.32 Å². The summed E-state index contributed by atoms with van der Waals surface area (Å²) < 4.78 is 10.8. The number of carbonyl (C=O) groups is 2. The van der Waals surface area contributed by atoms with Crippen molar-refractivity contribution >= 4 is 28.5 Å². The van der Waals surface area contributed by atoms with Crippen molar-refractivity contribution in [3.63, 3.8) is 0 Å². The molecule has 0 fully saturated rings. The van der Waals surface area contributed by atoms with Crippen molar-refractivity contribution in [1.29, 1.82) is 0 Å². The zero-order valence-electron chi connectivity index (χ0n) is 16.0. The molecule has 0 unspecified atom stereocenters. The number of carbonyl (C=O) groups excluding carboxylic acids is 2. The van der Waals surface area contributed by atoms with Gasteiger partial charge in [0.25, 0.3) is 5.91 Å². The Morgan fingerprint density at radius 1 is 1.07 bits per heavy atom. The molecular weight excluding hydrogens is 342 g/mol. The molecule has 1 N–H and O–H groups in total. The lowest BCUT2D eigenvalue weighted by Crippen LogP contribution is -2.30. The predicted molar refractivity (Wildman–Crippen MR) is 105 cm³/mol. The van der Waals surface area contributed by atoms with Gasteiger partial charge in [-0.05, 0) is 63.1 Å². The van der Waals surface area contributed by atoms with Crippen LogP contribution in [0.15, 0.2) is 47.1 Å². The Hall–Kier alpha value is -3.08. The van der Waals surface area contributed by atoms with E-state index in [9.17, 15) is 9.59 Å². The van der Waals surface area contributed by atoms with Crippen LogP contribution >= 0.6 is 0 Å². The Morgan fingerprint density at radius 3 is 2.44 bits per heavy atom. The van der Waals surface area contributed by atoms with Gasteiger partial charge in [-0.15, -0.1) is 0 Å². The van der Waals surface area contributed by atoms with Crippen molar-refractivity contribution in [3.8, 4) is 0 Å². The summed E-state index contributed by atoms with van der Waals surface area (Å²) >= 11 is 0. The van der Waals surface area contributed by atoms with Gasteiger partial charge in [-0.2, -0.15) is 0 Å². The lowest BCUT2D eigenvalue weighted by molar-refractivity contribution is -0.152. The number of anilines is 1. The highest BCUT2D eigenvalue weighted by Crippen LogP contribution is 2.25. The van der Waals surface area contributed by atoms with Crippen LogP contribution in [-0.4, -0.2) is 18.0 Å². The zero-order valence-corrected chi connectivity index (χ0v) is 16.0. The third-order valence-corrected chi connectivity index (χ3v) is 4.60. The maximum absolute atomic E-state index is 12.3. The number of hydrogen-bond donors (Lipinski definition) is 1. The van der Waals surface area contributed by atoms with Gasteiger partial charge in [-0.1, -0.05) is 17.7 Å². The van der Waals surface area contributed by atoms with Gasteiger partial charge in [0.15, 0.2) is 6.10 Å².